The molecule has 0 saturated heterocycles. The molecule has 0 aliphatic rings. The highest BCUT2D eigenvalue weighted by molar-refractivity contribution is 7.90. The summed E-state index contributed by atoms with van der Waals surface area (Å²) >= 11 is 0. The first-order valence-electron chi connectivity index (χ1n) is 4.73. The predicted octanol–water partition coefficient (Wildman–Crippen LogP) is 0.240. The van der Waals surface area contributed by atoms with E-state index in [1.807, 2.05) is 0 Å². The normalized spacial score (nSPS) is 11.4. The maximum atomic E-state index is 11.1. The van der Waals surface area contributed by atoms with Crippen molar-refractivity contribution in [3.8, 4) is 0 Å². The van der Waals surface area contributed by atoms with Crippen LogP contribution in [-0.2, 0) is 25.9 Å². The molecule has 0 aliphatic carbocycles. The van der Waals surface area contributed by atoms with Crippen LogP contribution in [-0.4, -0.2) is 37.5 Å². The minimum Gasteiger partial charge on any atom is -0.469 e. The van der Waals surface area contributed by atoms with Gasteiger partial charge in [0.05, 0.1) is 13.3 Å². The first kappa shape index (κ1) is 12.7. The summed E-state index contributed by atoms with van der Waals surface area (Å²) in [6.07, 6.45) is 4.74. The van der Waals surface area contributed by atoms with Gasteiger partial charge in [0, 0.05) is 25.4 Å². The van der Waals surface area contributed by atoms with Gasteiger partial charge in [-0.1, -0.05) is 0 Å². The topological polar surface area (TPSA) is 78.3 Å². The molecule has 0 spiro atoms. The van der Waals surface area contributed by atoms with Gasteiger partial charge in [-0.2, -0.15) is 5.10 Å². The molecule has 0 aliphatic heterocycles. The zero-order valence-corrected chi connectivity index (χ0v) is 10.0. The second kappa shape index (κ2) is 5.11. The molecule has 1 rings (SSSR count). The SMILES string of the molecule is COC(=O)CCCn1cc(S(C)(=O)=O)cn1. The minimum absolute atomic E-state index is 0.186. The standard InChI is InChI=1S/C9H14N2O4S/c1-15-9(12)4-3-5-11-7-8(6-10-11)16(2,13)14/h6-7H,3-5H2,1-2H3. The van der Waals surface area contributed by atoms with E-state index in [2.05, 4.69) is 9.84 Å². The van der Waals surface area contributed by atoms with Crippen LogP contribution in [0.15, 0.2) is 17.3 Å². The molecule has 1 heterocycles. The van der Waals surface area contributed by atoms with Crippen molar-refractivity contribution in [2.24, 2.45) is 0 Å². The molecule has 0 radical (unpaired) electrons. The number of methoxy groups -OCH3 is 1. The summed E-state index contributed by atoms with van der Waals surface area (Å²) in [5.74, 6) is -0.282. The number of sulfone groups is 1. The number of carbonyl (C=O) groups excluding carboxylic acids is 1. The number of nitrogens with zero attached hydrogens (tertiary/aromatic N) is 2. The van der Waals surface area contributed by atoms with Crippen LogP contribution >= 0.6 is 0 Å². The van der Waals surface area contributed by atoms with Gasteiger partial charge in [-0.15, -0.1) is 0 Å². The molecule has 0 aromatic carbocycles. The van der Waals surface area contributed by atoms with Crippen LogP contribution in [0.2, 0.25) is 0 Å². The van der Waals surface area contributed by atoms with Gasteiger partial charge in [0.25, 0.3) is 0 Å². The van der Waals surface area contributed by atoms with Gasteiger partial charge in [-0.3, -0.25) is 9.48 Å². The third-order valence-corrected chi connectivity index (χ3v) is 3.10. The monoisotopic (exact) mass is 246 g/mol. The van der Waals surface area contributed by atoms with E-state index in [1.54, 1.807) is 0 Å². The van der Waals surface area contributed by atoms with E-state index in [0.29, 0.717) is 19.4 Å². The van der Waals surface area contributed by atoms with Gasteiger partial charge in [-0.05, 0) is 6.42 Å². The Labute approximate surface area is 94.1 Å². The maximum absolute atomic E-state index is 11.1. The fourth-order valence-corrected chi connectivity index (χ4v) is 1.70. The Balaban J connectivity index is 2.51. The summed E-state index contributed by atoms with van der Waals surface area (Å²) in [6, 6.07) is 0. The molecule has 0 bridgehead atoms. The highest BCUT2D eigenvalue weighted by Crippen LogP contribution is 2.07. The van der Waals surface area contributed by atoms with Crippen molar-refractivity contribution >= 4 is 15.8 Å². The van der Waals surface area contributed by atoms with Crippen LogP contribution in [0.25, 0.3) is 0 Å². The molecule has 1 aromatic heterocycles. The Kier molecular flexibility index (Phi) is 4.05. The van der Waals surface area contributed by atoms with Crippen molar-refractivity contribution in [3.63, 3.8) is 0 Å². The van der Waals surface area contributed by atoms with Crippen LogP contribution in [0, 0.1) is 0 Å². The van der Waals surface area contributed by atoms with E-state index in [9.17, 15) is 13.2 Å². The smallest absolute Gasteiger partial charge is 0.305 e. The number of carbonyl (C=O) groups is 1. The average molecular weight is 246 g/mol. The number of esters is 1. The van der Waals surface area contributed by atoms with Gasteiger partial charge < -0.3 is 4.74 Å². The highest BCUT2D eigenvalue weighted by Gasteiger charge is 2.09. The van der Waals surface area contributed by atoms with E-state index in [4.69, 9.17) is 0 Å². The van der Waals surface area contributed by atoms with E-state index < -0.39 is 9.84 Å². The van der Waals surface area contributed by atoms with Gasteiger partial charge >= 0.3 is 5.97 Å². The van der Waals surface area contributed by atoms with Crippen molar-refractivity contribution in [2.45, 2.75) is 24.3 Å². The Bertz CT molecular complexity index is 464. The Morgan fingerprint density at radius 3 is 2.75 bits per heavy atom. The molecule has 90 valence electrons. The molecule has 0 amide bonds. The van der Waals surface area contributed by atoms with Crippen molar-refractivity contribution in [3.05, 3.63) is 12.4 Å². The molecule has 6 nitrogen and oxygen atoms in total. The lowest BCUT2D eigenvalue weighted by molar-refractivity contribution is -0.140. The summed E-state index contributed by atoms with van der Waals surface area (Å²) in [5.41, 5.74) is 0. The summed E-state index contributed by atoms with van der Waals surface area (Å²) in [5, 5.41) is 3.89. The number of rotatable bonds is 5. The first-order valence-corrected chi connectivity index (χ1v) is 6.62. The van der Waals surface area contributed by atoms with Gasteiger partial charge in [0.2, 0.25) is 0 Å². The number of ether oxygens (including phenoxy) is 1. The van der Waals surface area contributed by atoms with Gasteiger partial charge in [0.1, 0.15) is 4.90 Å². The van der Waals surface area contributed by atoms with E-state index in [-0.39, 0.29) is 10.9 Å². The van der Waals surface area contributed by atoms with Crippen LogP contribution in [0.5, 0.6) is 0 Å². The highest BCUT2D eigenvalue weighted by atomic mass is 32.2. The van der Waals surface area contributed by atoms with Crippen molar-refractivity contribution in [1.82, 2.24) is 9.78 Å². The van der Waals surface area contributed by atoms with Crippen molar-refractivity contribution < 1.29 is 17.9 Å². The average Bonchev–Trinajstić information content (AvgIpc) is 2.65. The number of aryl methyl sites for hydroxylation is 1. The van der Waals surface area contributed by atoms with Gasteiger partial charge in [-0.25, -0.2) is 8.42 Å². The minimum atomic E-state index is -3.20. The summed E-state index contributed by atoms with van der Waals surface area (Å²) in [6.45, 7) is 0.491. The van der Waals surface area contributed by atoms with E-state index in [0.717, 1.165) is 6.26 Å². The number of aromatic nitrogens is 2. The largest absolute Gasteiger partial charge is 0.469 e. The second-order valence-corrected chi connectivity index (χ2v) is 5.41. The van der Waals surface area contributed by atoms with Crippen LogP contribution in [0.1, 0.15) is 12.8 Å². The fraction of sp³-hybridized carbons (Fsp3) is 0.556. The van der Waals surface area contributed by atoms with Crippen LogP contribution in [0.4, 0.5) is 0 Å². The molecule has 1 aromatic rings. The van der Waals surface area contributed by atoms with Gasteiger partial charge in [0.15, 0.2) is 9.84 Å². The Morgan fingerprint density at radius 1 is 1.56 bits per heavy atom. The Hall–Kier alpha value is -1.37. The Morgan fingerprint density at radius 2 is 2.25 bits per heavy atom. The van der Waals surface area contributed by atoms with E-state index >= 15 is 0 Å². The number of hydrogen-bond donors (Lipinski definition) is 0. The third kappa shape index (κ3) is 3.65. The molecule has 16 heavy (non-hydrogen) atoms. The molecular formula is C9H14N2O4S. The lowest BCUT2D eigenvalue weighted by Gasteiger charge is -2.00. The lowest BCUT2D eigenvalue weighted by atomic mass is 10.3. The quantitative estimate of drug-likeness (QED) is 0.695. The number of hydrogen-bond acceptors (Lipinski definition) is 5. The van der Waals surface area contributed by atoms with Crippen molar-refractivity contribution in [2.75, 3.05) is 13.4 Å². The zero-order valence-electron chi connectivity index (χ0n) is 9.21. The van der Waals surface area contributed by atoms with E-state index in [1.165, 1.54) is 24.2 Å². The summed E-state index contributed by atoms with van der Waals surface area (Å²) in [4.78, 5) is 11.0. The third-order valence-electron chi connectivity index (χ3n) is 2.03. The second-order valence-electron chi connectivity index (χ2n) is 3.39. The summed E-state index contributed by atoms with van der Waals surface area (Å²) < 4.78 is 28.3. The lowest BCUT2D eigenvalue weighted by Crippen LogP contribution is -2.04. The molecule has 0 atom stereocenters. The molecule has 0 fully saturated rings. The van der Waals surface area contributed by atoms with Crippen LogP contribution < -0.4 is 0 Å². The molecular weight excluding hydrogens is 232 g/mol. The molecule has 7 heteroatoms. The molecule has 0 N–H and O–H groups in total. The van der Waals surface area contributed by atoms with Crippen molar-refractivity contribution in [1.29, 1.82) is 0 Å². The maximum Gasteiger partial charge on any atom is 0.305 e. The first-order chi connectivity index (χ1) is 7.43. The molecule has 0 unspecified atom stereocenters. The predicted molar refractivity (Wildman–Crippen MR) is 56.6 cm³/mol. The van der Waals surface area contributed by atoms with Crippen LogP contribution in [0.3, 0.4) is 0 Å². The summed E-state index contributed by atoms with van der Waals surface area (Å²) in [7, 11) is -1.87. The zero-order chi connectivity index (χ0) is 12.2. The fourth-order valence-electron chi connectivity index (χ4n) is 1.15. The molecule has 0 saturated carbocycles.